The smallest absolute Gasteiger partial charge is 0.159 e. The summed E-state index contributed by atoms with van der Waals surface area (Å²) in [6.07, 6.45) is 1.56. The van der Waals surface area contributed by atoms with Crippen molar-refractivity contribution in [2.45, 2.75) is 24.9 Å². The molecule has 1 aliphatic rings. The Morgan fingerprint density at radius 2 is 1.90 bits per heavy atom. The average Bonchev–Trinajstić information content (AvgIpc) is 2.71. The molecule has 2 aromatic carbocycles. The van der Waals surface area contributed by atoms with Gasteiger partial charge in [0.05, 0.1) is 5.60 Å². The van der Waals surface area contributed by atoms with E-state index in [4.69, 9.17) is 5.73 Å². The zero-order chi connectivity index (χ0) is 14.3. The maximum absolute atomic E-state index is 13.3. The first-order chi connectivity index (χ1) is 9.48. The SMILES string of the molecule is Nc1ccc2c(c1)CCC2(O)Cc1ccc(F)c(F)c1. The van der Waals surface area contributed by atoms with Gasteiger partial charge in [0.1, 0.15) is 0 Å². The topological polar surface area (TPSA) is 46.2 Å². The molecule has 20 heavy (non-hydrogen) atoms. The minimum Gasteiger partial charge on any atom is -0.399 e. The van der Waals surface area contributed by atoms with Crippen LogP contribution in [0.25, 0.3) is 0 Å². The van der Waals surface area contributed by atoms with Crippen molar-refractivity contribution in [3.8, 4) is 0 Å². The summed E-state index contributed by atoms with van der Waals surface area (Å²) in [5, 5.41) is 10.8. The van der Waals surface area contributed by atoms with Crippen LogP contribution in [0.2, 0.25) is 0 Å². The highest BCUT2D eigenvalue weighted by molar-refractivity contribution is 5.49. The molecule has 2 aromatic rings. The molecule has 3 N–H and O–H groups in total. The van der Waals surface area contributed by atoms with Crippen LogP contribution < -0.4 is 5.73 Å². The van der Waals surface area contributed by atoms with E-state index in [1.807, 2.05) is 12.1 Å². The van der Waals surface area contributed by atoms with E-state index in [-0.39, 0.29) is 6.42 Å². The normalized spacial score (nSPS) is 20.9. The molecule has 0 radical (unpaired) electrons. The highest BCUT2D eigenvalue weighted by Crippen LogP contribution is 2.40. The van der Waals surface area contributed by atoms with Crippen LogP contribution in [-0.4, -0.2) is 5.11 Å². The summed E-state index contributed by atoms with van der Waals surface area (Å²) in [5.41, 5.74) is 7.80. The number of benzene rings is 2. The Bertz CT molecular complexity index is 672. The molecule has 4 heteroatoms. The molecule has 0 saturated carbocycles. The van der Waals surface area contributed by atoms with Gasteiger partial charge in [0.2, 0.25) is 0 Å². The summed E-state index contributed by atoms with van der Waals surface area (Å²) in [7, 11) is 0. The third-order valence-corrected chi connectivity index (χ3v) is 3.92. The van der Waals surface area contributed by atoms with Crippen molar-refractivity contribution < 1.29 is 13.9 Å². The number of nitrogen functional groups attached to an aromatic ring is 1. The van der Waals surface area contributed by atoms with E-state index in [0.717, 1.165) is 29.7 Å². The standard InChI is InChI=1S/C16H15F2NO/c17-14-4-1-10(7-15(14)18)9-16(20)6-5-11-8-12(19)2-3-13(11)16/h1-4,7-8,20H,5-6,9,19H2. The molecule has 0 spiro atoms. The zero-order valence-corrected chi connectivity index (χ0v) is 10.9. The van der Waals surface area contributed by atoms with E-state index in [9.17, 15) is 13.9 Å². The van der Waals surface area contributed by atoms with Gasteiger partial charge in [-0.25, -0.2) is 8.78 Å². The maximum atomic E-state index is 13.3. The fraction of sp³-hybridized carbons (Fsp3) is 0.250. The van der Waals surface area contributed by atoms with Crippen LogP contribution in [0.3, 0.4) is 0 Å². The number of halogens is 2. The molecule has 1 atom stereocenters. The van der Waals surface area contributed by atoms with Crippen molar-refractivity contribution in [3.63, 3.8) is 0 Å². The summed E-state index contributed by atoms with van der Waals surface area (Å²) in [4.78, 5) is 0. The third-order valence-electron chi connectivity index (χ3n) is 3.92. The largest absolute Gasteiger partial charge is 0.399 e. The molecule has 1 aliphatic carbocycles. The number of hydrogen-bond donors (Lipinski definition) is 2. The van der Waals surface area contributed by atoms with Crippen LogP contribution in [0.4, 0.5) is 14.5 Å². The molecule has 0 saturated heterocycles. The van der Waals surface area contributed by atoms with Gasteiger partial charge in [-0.2, -0.15) is 0 Å². The second kappa shape index (κ2) is 4.56. The molecule has 0 amide bonds. The minimum absolute atomic E-state index is 0.265. The summed E-state index contributed by atoms with van der Waals surface area (Å²) in [5.74, 6) is -1.76. The summed E-state index contributed by atoms with van der Waals surface area (Å²) in [6, 6.07) is 9.16. The molecular formula is C16H15F2NO. The first kappa shape index (κ1) is 13.1. The van der Waals surface area contributed by atoms with E-state index in [0.29, 0.717) is 17.7 Å². The number of aryl methyl sites for hydroxylation is 1. The fourth-order valence-electron chi connectivity index (χ4n) is 2.92. The predicted molar refractivity (Wildman–Crippen MR) is 73.1 cm³/mol. The monoisotopic (exact) mass is 275 g/mol. The van der Waals surface area contributed by atoms with Crippen molar-refractivity contribution in [2.24, 2.45) is 0 Å². The molecule has 0 bridgehead atoms. The van der Waals surface area contributed by atoms with Crippen molar-refractivity contribution in [2.75, 3.05) is 5.73 Å². The lowest BCUT2D eigenvalue weighted by atomic mass is 9.88. The first-order valence-corrected chi connectivity index (χ1v) is 6.53. The Hall–Kier alpha value is -1.94. The van der Waals surface area contributed by atoms with Crippen molar-refractivity contribution in [1.82, 2.24) is 0 Å². The maximum Gasteiger partial charge on any atom is 0.159 e. The molecule has 1 unspecified atom stereocenters. The second-order valence-electron chi connectivity index (χ2n) is 5.37. The van der Waals surface area contributed by atoms with E-state index in [1.54, 1.807) is 6.07 Å². The number of anilines is 1. The van der Waals surface area contributed by atoms with Gasteiger partial charge in [-0.05, 0) is 53.8 Å². The fourth-order valence-corrected chi connectivity index (χ4v) is 2.92. The Labute approximate surface area is 115 Å². The lowest BCUT2D eigenvalue weighted by molar-refractivity contribution is 0.0389. The first-order valence-electron chi connectivity index (χ1n) is 6.53. The molecular weight excluding hydrogens is 260 g/mol. The van der Waals surface area contributed by atoms with Crippen LogP contribution >= 0.6 is 0 Å². The molecule has 0 fully saturated rings. The highest BCUT2D eigenvalue weighted by atomic mass is 19.2. The highest BCUT2D eigenvalue weighted by Gasteiger charge is 2.36. The number of fused-ring (bicyclic) bond motifs is 1. The molecule has 0 aliphatic heterocycles. The Morgan fingerprint density at radius 3 is 2.65 bits per heavy atom. The number of nitrogens with two attached hydrogens (primary N) is 1. The number of aliphatic hydroxyl groups is 1. The Kier molecular flexibility index (Phi) is 2.98. The lowest BCUT2D eigenvalue weighted by Crippen LogP contribution is -2.25. The quantitative estimate of drug-likeness (QED) is 0.828. The van der Waals surface area contributed by atoms with Gasteiger partial charge in [0.15, 0.2) is 11.6 Å². The Balaban J connectivity index is 1.93. The zero-order valence-electron chi connectivity index (χ0n) is 10.9. The van der Waals surface area contributed by atoms with Crippen LogP contribution in [0.15, 0.2) is 36.4 Å². The van der Waals surface area contributed by atoms with E-state index < -0.39 is 17.2 Å². The van der Waals surface area contributed by atoms with Gasteiger partial charge < -0.3 is 10.8 Å². The van der Waals surface area contributed by atoms with Gasteiger partial charge in [0, 0.05) is 12.1 Å². The van der Waals surface area contributed by atoms with E-state index in [1.165, 1.54) is 6.07 Å². The van der Waals surface area contributed by atoms with Gasteiger partial charge in [-0.3, -0.25) is 0 Å². The lowest BCUT2D eigenvalue weighted by Gasteiger charge is -2.24. The number of hydrogen-bond acceptors (Lipinski definition) is 2. The Morgan fingerprint density at radius 1 is 1.10 bits per heavy atom. The molecule has 0 heterocycles. The summed E-state index contributed by atoms with van der Waals surface area (Å²) in [6.45, 7) is 0. The van der Waals surface area contributed by atoms with Crippen LogP contribution in [0, 0.1) is 11.6 Å². The minimum atomic E-state index is -1.03. The number of rotatable bonds is 2. The van der Waals surface area contributed by atoms with Gasteiger partial charge in [0.25, 0.3) is 0 Å². The van der Waals surface area contributed by atoms with Gasteiger partial charge in [-0.1, -0.05) is 12.1 Å². The molecule has 2 nitrogen and oxygen atoms in total. The van der Waals surface area contributed by atoms with Gasteiger partial charge >= 0.3 is 0 Å². The van der Waals surface area contributed by atoms with Crippen LogP contribution in [0.5, 0.6) is 0 Å². The molecule has 104 valence electrons. The van der Waals surface area contributed by atoms with E-state index in [2.05, 4.69) is 0 Å². The molecule has 3 rings (SSSR count). The second-order valence-corrected chi connectivity index (χ2v) is 5.37. The summed E-state index contributed by atoms with van der Waals surface area (Å²) < 4.78 is 26.2. The summed E-state index contributed by atoms with van der Waals surface area (Å²) >= 11 is 0. The van der Waals surface area contributed by atoms with Crippen molar-refractivity contribution >= 4 is 5.69 Å². The van der Waals surface area contributed by atoms with Gasteiger partial charge in [-0.15, -0.1) is 0 Å². The van der Waals surface area contributed by atoms with Crippen molar-refractivity contribution in [1.29, 1.82) is 0 Å². The predicted octanol–water partition coefficient (Wildman–Crippen LogP) is 2.92. The molecule has 0 aromatic heterocycles. The van der Waals surface area contributed by atoms with E-state index >= 15 is 0 Å². The third kappa shape index (κ3) is 2.16. The van der Waals surface area contributed by atoms with Crippen molar-refractivity contribution in [3.05, 3.63) is 64.7 Å². The van der Waals surface area contributed by atoms with Crippen LogP contribution in [-0.2, 0) is 18.4 Å². The van der Waals surface area contributed by atoms with Crippen LogP contribution in [0.1, 0.15) is 23.1 Å². The average molecular weight is 275 g/mol.